The molecule has 3 amide bonds. The Morgan fingerprint density at radius 3 is 2.15 bits per heavy atom. The zero-order chi connectivity index (χ0) is 19.1. The Labute approximate surface area is 154 Å². The molecule has 1 aromatic carbocycles. The van der Waals surface area contributed by atoms with Crippen LogP contribution in [0.25, 0.3) is 0 Å². The van der Waals surface area contributed by atoms with Gasteiger partial charge in [-0.25, -0.2) is 4.79 Å². The fourth-order valence-corrected chi connectivity index (χ4v) is 2.81. The summed E-state index contributed by atoms with van der Waals surface area (Å²) >= 11 is 0. The zero-order valence-electron chi connectivity index (χ0n) is 15.7. The van der Waals surface area contributed by atoms with Gasteiger partial charge < -0.3 is 19.4 Å². The minimum absolute atomic E-state index is 0.0443. The fourth-order valence-electron chi connectivity index (χ4n) is 2.81. The van der Waals surface area contributed by atoms with Crippen LogP contribution < -0.4 is 0 Å². The summed E-state index contributed by atoms with van der Waals surface area (Å²) in [5.41, 5.74) is 2.14. The second-order valence-electron chi connectivity index (χ2n) is 6.43. The molecule has 0 atom stereocenters. The number of carbonyl (C=O) groups excluding carboxylic acids is 3. The minimum Gasteiger partial charge on any atom is -0.450 e. The number of hydrogen-bond acceptors (Lipinski definition) is 4. The van der Waals surface area contributed by atoms with Gasteiger partial charge in [0.1, 0.15) is 6.54 Å². The molecule has 26 heavy (non-hydrogen) atoms. The molecule has 1 fully saturated rings. The van der Waals surface area contributed by atoms with Gasteiger partial charge in [-0.2, -0.15) is 0 Å². The molecule has 7 heteroatoms. The highest BCUT2D eigenvalue weighted by Gasteiger charge is 2.26. The molecular weight excluding hydrogens is 334 g/mol. The number of nitrogens with zero attached hydrogens (tertiary/aromatic N) is 3. The maximum absolute atomic E-state index is 12.6. The van der Waals surface area contributed by atoms with E-state index < -0.39 is 0 Å². The first-order valence-electron chi connectivity index (χ1n) is 8.91. The summed E-state index contributed by atoms with van der Waals surface area (Å²) in [4.78, 5) is 41.0. The number of carbonyl (C=O) groups is 3. The molecule has 0 saturated carbocycles. The van der Waals surface area contributed by atoms with Crippen LogP contribution in [0.2, 0.25) is 0 Å². The number of benzene rings is 1. The van der Waals surface area contributed by atoms with E-state index in [0.29, 0.717) is 39.3 Å². The van der Waals surface area contributed by atoms with E-state index in [1.807, 2.05) is 31.2 Å². The second kappa shape index (κ2) is 9.22. The molecule has 142 valence electrons. The first-order chi connectivity index (χ1) is 12.4. The molecule has 1 aliphatic rings. The zero-order valence-corrected chi connectivity index (χ0v) is 15.7. The van der Waals surface area contributed by atoms with Crippen LogP contribution in [0.3, 0.4) is 0 Å². The third kappa shape index (κ3) is 5.47. The van der Waals surface area contributed by atoms with Crippen molar-refractivity contribution in [1.82, 2.24) is 14.7 Å². The van der Waals surface area contributed by atoms with Gasteiger partial charge in [-0.05, 0) is 19.4 Å². The summed E-state index contributed by atoms with van der Waals surface area (Å²) in [7, 11) is 0. The molecule has 0 aromatic heterocycles. The maximum Gasteiger partial charge on any atom is 0.409 e. The molecule has 1 aliphatic heterocycles. The van der Waals surface area contributed by atoms with Crippen LogP contribution in [0, 0.1) is 6.92 Å². The Morgan fingerprint density at radius 1 is 1.04 bits per heavy atom. The van der Waals surface area contributed by atoms with E-state index in [4.69, 9.17) is 4.74 Å². The van der Waals surface area contributed by atoms with E-state index in [9.17, 15) is 14.4 Å². The summed E-state index contributed by atoms with van der Waals surface area (Å²) in [5, 5.41) is 0. The normalized spacial score (nSPS) is 14.1. The summed E-state index contributed by atoms with van der Waals surface area (Å²) in [5.74, 6) is -0.236. The van der Waals surface area contributed by atoms with Crippen LogP contribution in [0.5, 0.6) is 0 Å². The van der Waals surface area contributed by atoms with Crippen molar-refractivity contribution in [2.45, 2.75) is 27.3 Å². The Morgan fingerprint density at radius 2 is 1.62 bits per heavy atom. The third-order valence-electron chi connectivity index (χ3n) is 4.42. The summed E-state index contributed by atoms with van der Waals surface area (Å²) in [6, 6.07) is 7.91. The summed E-state index contributed by atoms with van der Waals surface area (Å²) in [6.07, 6.45) is -0.343. The number of aryl methyl sites for hydroxylation is 1. The van der Waals surface area contributed by atoms with Gasteiger partial charge in [-0.1, -0.05) is 29.8 Å². The highest BCUT2D eigenvalue weighted by molar-refractivity contribution is 5.84. The van der Waals surface area contributed by atoms with Crippen LogP contribution in [-0.4, -0.2) is 71.9 Å². The van der Waals surface area contributed by atoms with Crippen molar-refractivity contribution in [2.24, 2.45) is 0 Å². The number of ether oxygens (including phenoxy) is 1. The van der Waals surface area contributed by atoms with Crippen LogP contribution in [-0.2, 0) is 20.9 Å². The van der Waals surface area contributed by atoms with Gasteiger partial charge in [-0.3, -0.25) is 9.59 Å². The van der Waals surface area contributed by atoms with Crippen LogP contribution in [0.1, 0.15) is 25.0 Å². The van der Waals surface area contributed by atoms with Crippen molar-refractivity contribution < 1.29 is 19.1 Å². The van der Waals surface area contributed by atoms with E-state index in [-0.39, 0.29) is 24.5 Å². The van der Waals surface area contributed by atoms with Gasteiger partial charge in [0, 0.05) is 39.6 Å². The van der Waals surface area contributed by atoms with E-state index in [1.165, 1.54) is 6.92 Å². The average Bonchev–Trinajstić information content (AvgIpc) is 2.63. The van der Waals surface area contributed by atoms with E-state index >= 15 is 0 Å². The Hall–Kier alpha value is -2.57. The van der Waals surface area contributed by atoms with Crippen LogP contribution in [0.4, 0.5) is 4.79 Å². The molecule has 0 aliphatic carbocycles. The van der Waals surface area contributed by atoms with Gasteiger partial charge in [0.15, 0.2) is 0 Å². The van der Waals surface area contributed by atoms with Gasteiger partial charge >= 0.3 is 6.09 Å². The molecule has 0 radical (unpaired) electrons. The molecule has 1 aromatic rings. The second-order valence-corrected chi connectivity index (χ2v) is 6.43. The number of amides is 3. The molecule has 7 nitrogen and oxygen atoms in total. The molecule has 0 N–H and O–H groups in total. The first-order valence-corrected chi connectivity index (χ1v) is 8.91. The molecular formula is C19H27N3O4. The lowest BCUT2D eigenvalue weighted by atomic mass is 10.1. The van der Waals surface area contributed by atoms with E-state index in [1.54, 1.807) is 21.6 Å². The highest BCUT2D eigenvalue weighted by Crippen LogP contribution is 2.09. The predicted octanol–water partition coefficient (Wildman–Crippen LogP) is 1.64. The van der Waals surface area contributed by atoms with Crippen molar-refractivity contribution >= 4 is 17.9 Å². The van der Waals surface area contributed by atoms with Crippen molar-refractivity contribution in [3.8, 4) is 0 Å². The van der Waals surface area contributed by atoms with Gasteiger partial charge in [0.05, 0.1) is 6.61 Å². The summed E-state index contributed by atoms with van der Waals surface area (Å²) in [6.45, 7) is 7.83. The Balaban J connectivity index is 1.89. The average molecular weight is 361 g/mol. The molecule has 1 saturated heterocycles. The minimum atomic E-state index is -0.343. The molecule has 0 bridgehead atoms. The summed E-state index contributed by atoms with van der Waals surface area (Å²) < 4.78 is 4.98. The number of rotatable bonds is 5. The molecule has 0 spiro atoms. The topological polar surface area (TPSA) is 70.2 Å². The Bertz CT molecular complexity index is 637. The van der Waals surface area contributed by atoms with Gasteiger partial charge in [-0.15, -0.1) is 0 Å². The molecule has 0 unspecified atom stereocenters. The van der Waals surface area contributed by atoms with Crippen LogP contribution in [0.15, 0.2) is 24.3 Å². The van der Waals surface area contributed by atoms with Crippen molar-refractivity contribution in [1.29, 1.82) is 0 Å². The molecule has 1 heterocycles. The SMILES string of the molecule is CCOC(=O)N1CCN(C(=O)CN(Cc2ccc(C)cc2)C(C)=O)CC1. The Kier molecular flexibility index (Phi) is 7.00. The third-order valence-corrected chi connectivity index (χ3v) is 4.42. The van der Waals surface area contributed by atoms with E-state index in [0.717, 1.165) is 11.1 Å². The fraction of sp³-hybridized carbons (Fsp3) is 0.526. The van der Waals surface area contributed by atoms with Crippen molar-refractivity contribution in [3.63, 3.8) is 0 Å². The van der Waals surface area contributed by atoms with E-state index in [2.05, 4.69) is 0 Å². The van der Waals surface area contributed by atoms with Gasteiger partial charge in [0.2, 0.25) is 11.8 Å². The molecule has 2 rings (SSSR count). The lowest BCUT2D eigenvalue weighted by Gasteiger charge is -2.35. The monoisotopic (exact) mass is 361 g/mol. The number of hydrogen-bond donors (Lipinski definition) is 0. The highest BCUT2D eigenvalue weighted by atomic mass is 16.6. The lowest BCUT2D eigenvalue weighted by Crippen LogP contribution is -2.53. The smallest absolute Gasteiger partial charge is 0.409 e. The first kappa shape index (κ1) is 19.8. The predicted molar refractivity (Wildman–Crippen MR) is 97.4 cm³/mol. The van der Waals surface area contributed by atoms with Crippen LogP contribution >= 0.6 is 0 Å². The van der Waals surface area contributed by atoms with Gasteiger partial charge in [0.25, 0.3) is 0 Å². The largest absolute Gasteiger partial charge is 0.450 e. The maximum atomic E-state index is 12.6. The standard InChI is InChI=1S/C19H27N3O4/c1-4-26-19(25)21-11-9-20(10-12-21)18(24)14-22(16(3)23)13-17-7-5-15(2)6-8-17/h5-8H,4,9-14H2,1-3H3. The quantitative estimate of drug-likeness (QED) is 0.799. The lowest BCUT2D eigenvalue weighted by molar-refractivity contribution is -0.140. The van der Waals surface area contributed by atoms with Crippen molar-refractivity contribution in [3.05, 3.63) is 35.4 Å². The number of piperazine rings is 1. The van der Waals surface area contributed by atoms with Crippen molar-refractivity contribution in [2.75, 3.05) is 39.3 Å².